The molecule has 1 heterocycles. The normalized spacial score (nSPS) is 10.6. The predicted molar refractivity (Wildman–Crippen MR) is 86.9 cm³/mol. The number of carbonyl (C=O) groups excluding carboxylic acids is 1. The Bertz CT molecular complexity index is 975. The van der Waals surface area contributed by atoms with Crippen molar-refractivity contribution in [2.45, 2.75) is 13.8 Å². The highest BCUT2D eigenvalue weighted by Crippen LogP contribution is 2.14. The largest absolute Gasteiger partial charge is 0.398 e. The zero-order chi connectivity index (χ0) is 17.3. The number of hydrogen-bond donors (Lipinski definition) is 2. The summed E-state index contributed by atoms with van der Waals surface area (Å²) >= 11 is 0. The van der Waals surface area contributed by atoms with Crippen LogP contribution in [0.15, 0.2) is 53.5 Å². The van der Waals surface area contributed by atoms with Crippen molar-refractivity contribution in [2.75, 3.05) is 5.32 Å². The molecule has 3 aromatic rings. The van der Waals surface area contributed by atoms with Crippen LogP contribution >= 0.6 is 0 Å². The van der Waals surface area contributed by atoms with Gasteiger partial charge in [0.15, 0.2) is 11.4 Å². The van der Waals surface area contributed by atoms with Crippen LogP contribution in [0.3, 0.4) is 0 Å². The minimum absolute atomic E-state index is 0.217. The van der Waals surface area contributed by atoms with Crippen molar-refractivity contribution in [3.05, 3.63) is 70.4 Å². The molecule has 0 atom stereocenters. The van der Waals surface area contributed by atoms with Gasteiger partial charge in [0.25, 0.3) is 0 Å². The van der Waals surface area contributed by atoms with Crippen LogP contribution in [0.4, 0.5) is 10.1 Å². The zero-order valence-corrected chi connectivity index (χ0v) is 13.2. The highest BCUT2D eigenvalue weighted by atomic mass is 19.1. The van der Waals surface area contributed by atoms with Crippen LogP contribution in [0.5, 0.6) is 0 Å². The van der Waals surface area contributed by atoms with Gasteiger partial charge in [-0.25, -0.2) is 9.18 Å². The number of benzene rings is 2. The van der Waals surface area contributed by atoms with Gasteiger partial charge in [0, 0.05) is 13.0 Å². The molecule has 0 aliphatic rings. The fourth-order valence-corrected chi connectivity index (χ4v) is 2.36. The van der Waals surface area contributed by atoms with Crippen molar-refractivity contribution in [2.24, 2.45) is 0 Å². The van der Waals surface area contributed by atoms with Crippen molar-refractivity contribution in [3.8, 4) is 11.4 Å². The molecule has 0 fully saturated rings. The number of nitrogens with one attached hydrogen (secondary N) is 2. The molecule has 3 rings (SSSR count). The quantitative estimate of drug-likeness (QED) is 0.721. The lowest BCUT2D eigenvalue weighted by atomic mass is 10.2. The summed E-state index contributed by atoms with van der Waals surface area (Å²) in [5.74, 6) is -0.607. The van der Waals surface area contributed by atoms with Crippen molar-refractivity contribution >= 4 is 11.6 Å². The number of halogens is 1. The molecule has 6 nitrogen and oxygen atoms in total. The van der Waals surface area contributed by atoms with Gasteiger partial charge in [0.2, 0.25) is 12.1 Å². The SMILES string of the molecule is CC(=O)Nc1ccccc1-[n+]1cc(=O)n(-c2ccc(C)c(F)c2)[nH]1. The van der Waals surface area contributed by atoms with Gasteiger partial charge in [-0.05, 0) is 30.7 Å². The van der Waals surface area contributed by atoms with Crippen LogP contribution in [-0.2, 0) is 4.79 Å². The Morgan fingerprint density at radius 1 is 1.25 bits per heavy atom. The van der Waals surface area contributed by atoms with Crippen LogP contribution < -0.4 is 15.6 Å². The van der Waals surface area contributed by atoms with Crippen molar-refractivity contribution in [3.63, 3.8) is 0 Å². The van der Waals surface area contributed by atoms with E-state index in [0.717, 1.165) is 0 Å². The topological polar surface area (TPSA) is 70.8 Å². The molecular weight excluding hydrogens is 311 g/mol. The van der Waals surface area contributed by atoms with Crippen LogP contribution in [0.2, 0.25) is 0 Å². The minimum atomic E-state index is -0.390. The molecule has 2 N–H and O–H groups in total. The van der Waals surface area contributed by atoms with Gasteiger partial charge in [-0.2, -0.15) is 0 Å². The lowest BCUT2D eigenvalue weighted by molar-refractivity contribution is -0.660. The molecule has 0 aliphatic carbocycles. The first kappa shape index (κ1) is 15.7. The molecule has 0 bridgehead atoms. The summed E-state index contributed by atoms with van der Waals surface area (Å²) in [5, 5.41) is 5.58. The van der Waals surface area contributed by atoms with Crippen LogP contribution in [0.25, 0.3) is 11.4 Å². The maximum absolute atomic E-state index is 13.8. The molecule has 7 heteroatoms. The number of aromatic amines is 1. The first-order valence-corrected chi connectivity index (χ1v) is 7.33. The average Bonchev–Trinajstić information content (AvgIpc) is 2.92. The Kier molecular flexibility index (Phi) is 3.99. The molecule has 0 radical (unpaired) electrons. The number of rotatable bonds is 3. The number of hydrogen-bond acceptors (Lipinski definition) is 2. The number of carbonyl (C=O) groups is 1. The van der Waals surface area contributed by atoms with Crippen LogP contribution in [0.1, 0.15) is 12.5 Å². The summed E-state index contributed by atoms with van der Waals surface area (Å²) in [6, 6.07) is 11.6. The summed E-state index contributed by atoms with van der Waals surface area (Å²) in [6.07, 6.45) is 1.33. The summed E-state index contributed by atoms with van der Waals surface area (Å²) in [4.78, 5) is 23.6. The number of aromatic nitrogens is 3. The number of aryl methyl sites for hydroxylation is 1. The van der Waals surface area contributed by atoms with Gasteiger partial charge in [0.1, 0.15) is 5.82 Å². The Hall–Kier alpha value is -3.22. The van der Waals surface area contributed by atoms with Gasteiger partial charge in [-0.3, -0.25) is 4.79 Å². The van der Waals surface area contributed by atoms with Crippen molar-refractivity contribution in [1.29, 1.82) is 0 Å². The third kappa shape index (κ3) is 2.96. The predicted octanol–water partition coefficient (Wildman–Crippen LogP) is 1.85. The first-order valence-electron chi connectivity index (χ1n) is 7.33. The van der Waals surface area contributed by atoms with Gasteiger partial charge in [-0.15, -0.1) is 4.68 Å². The van der Waals surface area contributed by atoms with Crippen LogP contribution in [-0.4, -0.2) is 15.8 Å². The number of H-pyrrole nitrogens is 1. The van der Waals surface area contributed by atoms with E-state index >= 15 is 0 Å². The Morgan fingerprint density at radius 2 is 2.00 bits per heavy atom. The molecular formula is C17H16FN4O2+. The lowest BCUT2D eigenvalue weighted by Crippen LogP contribution is -2.34. The number of nitrogens with zero attached hydrogens (tertiary/aromatic N) is 2. The smallest absolute Gasteiger partial charge is 0.323 e. The van der Waals surface area contributed by atoms with E-state index in [1.54, 1.807) is 43.3 Å². The number of anilines is 1. The zero-order valence-electron chi connectivity index (χ0n) is 13.2. The first-order chi connectivity index (χ1) is 11.5. The highest BCUT2D eigenvalue weighted by molar-refractivity contribution is 5.90. The molecule has 0 saturated heterocycles. The molecule has 1 aromatic heterocycles. The molecule has 24 heavy (non-hydrogen) atoms. The fourth-order valence-electron chi connectivity index (χ4n) is 2.36. The van der Waals surface area contributed by atoms with E-state index in [2.05, 4.69) is 10.5 Å². The van der Waals surface area contributed by atoms with Gasteiger partial charge >= 0.3 is 5.56 Å². The van der Waals surface area contributed by atoms with E-state index in [9.17, 15) is 14.0 Å². The molecule has 1 amide bonds. The van der Waals surface area contributed by atoms with Gasteiger partial charge < -0.3 is 5.32 Å². The highest BCUT2D eigenvalue weighted by Gasteiger charge is 2.18. The third-order valence-electron chi connectivity index (χ3n) is 3.56. The van der Waals surface area contributed by atoms with E-state index < -0.39 is 0 Å². The van der Waals surface area contributed by atoms with Gasteiger partial charge in [-0.1, -0.05) is 28.1 Å². The Balaban J connectivity index is 2.08. The van der Waals surface area contributed by atoms with Gasteiger partial charge in [0.05, 0.1) is 5.69 Å². The standard InChI is InChI=1S/C17H15FN4O2/c1-11-7-8-13(9-14(11)18)22-17(24)10-21(20-22)16-6-4-3-5-15(16)19-12(2)23/h3-10H,1-2H3,(H-,19,20,23,24)/p+1. The molecule has 122 valence electrons. The summed E-state index contributed by atoms with van der Waals surface area (Å²) in [7, 11) is 0. The monoisotopic (exact) mass is 327 g/mol. The lowest BCUT2D eigenvalue weighted by Gasteiger charge is -2.05. The molecule has 0 spiro atoms. The Labute approximate surface area is 137 Å². The molecule has 0 unspecified atom stereocenters. The second-order valence-electron chi connectivity index (χ2n) is 5.40. The second kappa shape index (κ2) is 6.11. The fraction of sp³-hybridized carbons (Fsp3) is 0.118. The molecule has 0 saturated carbocycles. The number of amides is 1. The van der Waals surface area contributed by atoms with Crippen LogP contribution in [0, 0.1) is 12.7 Å². The average molecular weight is 327 g/mol. The van der Waals surface area contributed by atoms with E-state index in [1.807, 2.05) is 0 Å². The van der Waals surface area contributed by atoms with E-state index in [-0.39, 0.29) is 17.3 Å². The maximum atomic E-state index is 13.8. The van der Waals surface area contributed by atoms with E-state index in [0.29, 0.717) is 22.6 Å². The summed E-state index contributed by atoms with van der Waals surface area (Å²) in [5.41, 5.74) is 1.69. The van der Waals surface area contributed by atoms with E-state index in [4.69, 9.17) is 0 Å². The van der Waals surface area contributed by atoms with Crippen molar-refractivity contribution in [1.82, 2.24) is 9.90 Å². The Morgan fingerprint density at radius 3 is 2.71 bits per heavy atom. The number of para-hydroxylation sites is 2. The third-order valence-corrected chi connectivity index (χ3v) is 3.56. The second-order valence-corrected chi connectivity index (χ2v) is 5.40. The summed E-state index contributed by atoms with van der Waals surface area (Å²) < 4.78 is 16.5. The molecule has 2 aromatic carbocycles. The molecule has 0 aliphatic heterocycles. The van der Waals surface area contributed by atoms with E-state index in [1.165, 1.54) is 28.6 Å². The maximum Gasteiger partial charge on any atom is 0.398 e. The van der Waals surface area contributed by atoms with Crippen molar-refractivity contribution < 1.29 is 13.9 Å². The summed E-state index contributed by atoms with van der Waals surface area (Å²) in [6.45, 7) is 3.06. The minimum Gasteiger partial charge on any atom is -0.323 e.